The summed E-state index contributed by atoms with van der Waals surface area (Å²) in [6, 6.07) is 1.97. The molecule has 2 aromatic rings. The largest absolute Gasteiger partial charge is 0.464 e. The van der Waals surface area contributed by atoms with Crippen LogP contribution in [0, 0.1) is 10.5 Å². The van der Waals surface area contributed by atoms with E-state index in [4.69, 9.17) is 4.74 Å². The van der Waals surface area contributed by atoms with E-state index in [-0.39, 0.29) is 0 Å². The van der Waals surface area contributed by atoms with Crippen LogP contribution in [0.1, 0.15) is 27.8 Å². The van der Waals surface area contributed by atoms with Crippen LogP contribution in [0.2, 0.25) is 0 Å². The molecule has 0 radical (unpaired) electrons. The number of carbonyl (C=O) groups excluding carboxylic acids is 1. The number of ether oxygens (including phenoxy) is 1. The third-order valence-electron chi connectivity index (χ3n) is 3.51. The molecule has 3 rings (SSSR count). The summed E-state index contributed by atoms with van der Waals surface area (Å²) in [6.45, 7) is 3.63. The normalized spacial score (nSPS) is 14.9. The van der Waals surface area contributed by atoms with Crippen molar-refractivity contribution in [2.45, 2.75) is 12.8 Å². The molecule has 0 bridgehead atoms. The lowest BCUT2D eigenvalue weighted by atomic mass is 9.96. The van der Waals surface area contributed by atoms with Crippen LogP contribution in [0.4, 0.5) is 5.82 Å². The molecule has 3 heterocycles. The molecule has 0 atom stereocenters. The Morgan fingerprint density at radius 3 is 2.90 bits per heavy atom. The summed E-state index contributed by atoms with van der Waals surface area (Å²) < 4.78 is 5.55. The van der Waals surface area contributed by atoms with Gasteiger partial charge in [0, 0.05) is 30.8 Å². The van der Waals surface area contributed by atoms with Crippen LogP contribution in [0.15, 0.2) is 12.4 Å². The lowest BCUT2D eigenvalue weighted by molar-refractivity contribution is 0.0592. The number of anilines is 1. The van der Waals surface area contributed by atoms with Crippen molar-refractivity contribution >= 4 is 34.4 Å². The van der Waals surface area contributed by atoms with E-state index < -0.39 is 5.97 Å². The Labute approximate surface area is 135 Å². The summed E-state index contributed by atoms with van der Waals surface area (Å²) >= 11 is 2.14. The number of carbonyl (C=O) groups is 1. The highest BCUT2D eigenvalue weighted by atomic mass is 127. The van der Waals surface area contributed by atoms with Gasteiger partial charge in [-0.2, -0.15) is 5.10 Å². The minimum Gasteiger partial charge on any atom is -0.464 e. The summed E-state index contributed by atoms with van der Waals surface area (Å²) in [5.41, 5.74) is 2.29. The van der Waals surface area contributed by atoms with Gasteiger partial charge >= 0.3 is 5.97 Å². The van der Waals surface area contributed by atoms with E-state index in [9.17, 15) is 4.79 Å². The molecule has 0 unspecified atom stereocenters. The summed E-state index contributed by atoms with van der Waals surface area (Å²) in [4.78, 5) is 22.1. The third kappa shape index (κ3) is 2.59. The van der Waals surface area contributed by atoms with Crippen molar-refractivity contribution in [1.29, 1.82) is 0 Å². The molecule has 1 fully saturated rings. The minimum absolute atomic E-state index is 0.318. The molecule has 1 aliphatic heterocycles. The highest BCUT2D eigenvalue weighted by Gasteiger charge is 2.33. The lowest BCUT2D eigenvalue weighted by Gasteiger charge is -2.39. The second-order valence-corrected chi connectivity index (χ2v) is 5.99. The number of rotatable bonds is 3. The molecule has 0 spiro atoms. The van der Waals surface area contributed by atoms with Crippen LogP contribution in [0.25, 0.3) is 0 Å². The van der Waals surface area contributed by atoms with E-state index >= 15 is 0 Å². The molecule has 1 N–H and O–H groups in total. The van der Waals surface area contributed by atoms with Gasteiger partial charge in [-0.1, -0.05) is 0 Å². The molecule has 21 heavy (non-hydrogen) atoms. The highest BCUT2D eigenvalue weighted by Crippen LogP contribution is 2.32. The molecule has 0 amide bonds. The van der Waals surface area contributed by atoms with Crippen molar-refractivity contribution in [3.05, 3.63) is 33.0 Å². The Morgan fingerprint density at radius 1 is 1.48 bits per heavy atom. The van der Waals surface area contributed by atoms with Crippen LogP contribution in [-0.2, 0) is 4.74 Å². The molecular formula is C13H14IN5O2. The van der Waals surface area contributed by atoms with Gasteiger partial charge in [-0.15, -0.1) is 0 Å². The van der Waals surface area contributed by atoms with Crippen molar-refractivity contribution in [3.63, 3.8) is 0 Å². The molecule has 0 aromatic carbocycles. The Balaban J connectivity index is 1.72. The predicted octanol–water partition coefficient (Wildman–Crippen LogP) is 1.50. The van der Waals surface area contributed by atoms with Gasteiger partial charge in [0.25, 0.3) is 0 Å². The van der Waals surface area contributed by atoms with E-state index in [1.54, 1.807) is 6.33 Å². The zero-order valence-corrected chi connectivity index (χ0v) is 13.8. The van der Waals surface area contributed by atoms with Gasteiger partial charge in [-0.3, -0.25) is 5.10 Å². The summed E-state index contributed by atoms with van der Waals surface area (Å²) in [6.07, 6.45) is 1.58. The number of aryl methyl sites for hydroxylation is 1. The first kappa shape index (κ1) is 14.2. The van der Waals surface area contributed by atoms with Crippen molar-refractivity contribution < 1.29 is 9.53 Å². The molecule has 110 valence electrons. The smallest absolute Gasteiger partial charge is 0.359 e. The van der Waals surface area contributed by atoms with E-state index in [2.05, 4.69) is 47.7 Å². The van der Waals surface area contributed by atoms with Crippen LogP contribution in [0.5, 0.6) is 0 Å². The van der Waals surface area contributed by atoms with Gasteiger partial charge < -0.3 is 9.64 Å². The van der Waals surface area contributed by atoms with Crippen molar-refractivity contribution in [2.24, 2.45) is 0 Å². The van der Waals surface area contributed by atoms with Gasteiger partial charge in [0.05, 0.1) is 16.4 Å². The standard InChI is InChI=1S/C13H14IN5O2/c1-7-3-9(16-6-15-7)19-4-8(5-19)11-10(14)12(18-17-11)13(20)21-2/h3,6,8H,4-5H2,1-2H3,(H,17,18). The fraction of sp³-hybridized carbons (Fsp3) is 0.385. The summed E-state index contributed by atoms with van der Waals surface area (Å²) in [5.74, 6) is 0.837. The SMILES string of the molecule is COC(=O)c1n[nH]c(C2CN(c3cc(C)ncn3)C2)c1I. The predicted molar refractivity (Wildman–Crippen MR) is 84.4 cm³/mol. The summed E-state index contributed by atoms with van der Waals surface area (Å²) in [7, 11) is 1.36. The van der Waals surface area contributed by atoms with E-state index in [1.807, 2.05) is 13.0 Å². The zero-order chi connectivity index (χ0) is 15.0. The first-order chi connectivity index (χ1) is 10.1. The van der Waals surface area contributed by atoms with Gasteiger partial charge in [0.2, 0.25) is 0 Å². The number of methoxy groups -OCH3 is 1. The molecule has 1 aliphatic rings. The van der Waals surface area contributed by atoms with Crippen LogP contribution >= 0.6 is 22.6 Å². The average Bonchev–Trinajstić information content (AvgIpc) is 2.79. The van der Waals surface area contributed by atoms with Gasteiger partial charge in [-0.05, 0) is 29.5 Å². The first-order valence-electron chi connectivity index (χ1n) is 6.45. The topological polar surface area (TPSA) is 84.0 Å². The molecular weight excluding hydrogens is 385 g/mol. The van der Waals surface area contributed by atoms with Crippen LogP contribution < -0.4 is 4.90 Å². The highest BCUT2D eigenvalue weighted by molar-refractivity contribution is 14.1. The quantitative estimate of drug-likeness (QED) is 0.622. The Bertz CT molecular complexity index is 681. The monoisotopic (exact) mass is 399 g/mol. The van der Waals surface area contributed by atoms with Crippen molar-refractivity contribution in [1.82, 2.24) is 20.2 Å². The number of hydrogen-bond donors (Lipinski definition) is 1. The molecule has 0 aliphatic carbocycles. The van der Waals surface area contributed by atoms with Crippen molar-refractivity contribution in [2.75, 3.05) is 25.1 Å². The number of aromatic nitrogens is 4. The molecule has 8 heteroatoms. The fourth-order valence-corrected chi connectivity index (χ4v) is 3.21. The maximum Gasteiger partial charge on any atom is 0.359 e. The van der Waals surface area contributed by atoms with Crippen LogP contribution in [0.3, 0.4) is 0 Å². The Kier molecular flexibility index (Phi) is 3.79. The van der Waals surface area contributed by atoms with E-state index in [0.29, 0.717) is 11.6 Å². The number of nitrogens with one attached hydrogen (secondary N) is 1. The minimum atomic E-state index is -0.412. The number of H-pyrrole nitrogens is 1. The number of halogens is 1. The maximum atomic E-state index is 11.6. The molecule has 0 saturated carbocycles. The number of nitrogens with zero attached hydrogens (tertiary/aromatic N) is 4. The first-order valence-corrected chi connectivity index (χ1v) is 7.53. The molecule has 1 saturated heterocycles. The second-order valence-electron chi connectivity index (χ2n) is 4.91. The van der Waals surface area contributed by atoms with E-state index in [1.165, 1.54) is 7.11 Å². The second kappa shape index (κ2) is 5.58. The van der Waals surface area contributed by atoms with Gasteiger partial charge in [0.1, 0.15) is 12.1 Å². The Hall–Kier alpha value is -1.71. The Morgan fingerprint density at radius 2 is 2.24 bits per heavy atom. The third-order valence-corrected chi connectivity index (χ3v) is 4.61. The number of hydrogen-bond acceptors (Lipinski definition) is 6. The zero-order valence-electron chi connectivity index (χ0n) is 11.6. The average molecular weight is 399 g/mol. The maximum absolute atomic E-state index is 11.6. The van der Waals surface area contributed by atoms with E-state index in [0.717, 1.165) is 33.9 Å². The molecule has 2 aromatic heterocycles. The van der Waals surface area contributed by atoms with Crippen molar-refractivity contribution in [3.8, 4) is 0 Å². The lowest BCUT2D eigenvalue weighted by Crippen LogP contribution is -2.46. The van der Waals surface area contributed by atoms with Crippen LogP contribution in [-0.4, -0.2) is 46.3 Å². The number of esters is 1. The molecule has 7 nitrogen and oxygen atoms in total. The fourth-order valence-electron chi connectivity index (χ4n) is 2.31. The van der Waals surface area contributed by atoms with Gasteiger partial charge in [0.15, 0.2) is 5.69 Å². The van der Waals surface area contributed by atoms with Gasteiger partial charge in [-0.25, -0.2) is 14.8 Å². The number of aromatic amines is 1. The summed E-state index contributed by atoms with van der Waals surface area (Å²) in [5, 5.41) is 7.01.